The highest BCUT2D eigenvalue weighted by atomic mass is 16.3. The van der Waals surface area contributed by atoms with Crippen molar-refractivity contribution in [2.45, 2.75) is 39.2 Å². The van der Waals surface area contributed by atoms with Crippen LogP contribution < -0.4 is 5.32 Å². The second-order valence-corrected chi connectivity index (χ2v) is 4.99. The van der Waals surface area contributed by atoms with Crippen molar-refractivity contribution in [2.24, 2.45) is 0 Å². The van der Waals surface area contributed by atoms with E-state index in [1.807, 2.05) is 17.9 Å². The van der Waals surface area contributed by atoms with Gasteiger partial charge in [0.15, 0.2) is 0 Å². The number of amides is 1. The van der Waals surface area contributed by atoms with E-state index in [0.717, 1.165) is 38.2 Å². The lowest BCUT2D eigenvalue weighted by atomic mass is 10.2. The van der Waals surface area contributed by atoms with Gasteiger partial charge in [0.05, 0.1) is 5.56 Å². The average molecular weight is 250 g/mol. The van der Waals surface area contributed by atoms with Crippen LogP contribution >= 0.6 is 0 Å². The Morgan fingerprint density at radius 3 is 3.00 bits per heavy atom. The van der Waals surface area contributed by atoms with Crippen molar-refractivity contribution in [1.82, 2.24) is 10.2 Å². The second-order valence-electron chi connectivity index (χ2n) is 4.99. The van der Waals surface area contributed by atoms with E-state index in [2.05, 4.69) is 12.2 Å². The molecule has 1 aromatic rings. The molecule has 2 heterocycles. The molecule has 1 unspecified atom stereocenters. The molecule has 1 amide bonds. The number of aryl methyl sites for hydroxylation is 1. The number of rotatable bonds is 5. The fourth-order valence-electron chi connectivity index (χ4n) is 2.46. The topological polar surface area (TPSA) is 45.5 Å². The third-order valence-electron chi connectivity index (χ3n) is 3.36. The Bertz CT molecular complexity index is 394. The Morgan fingerprint density at radius 1 is 1.61 bits per heavy atom. The van der Waals surface area contributed by atoms with Crippen molar-refractivity contribution in [3.8, 4) is 0 Å². The highest BCUT2D eigenvalue weighted by Crippen LogP contribution is 2.13. The van der Waals surface area contributed by atoms with Crippen molar-refractivity contribution in [2.75, 3.05) is 19.6 Å². The molecule has 0 saturated carbocycles. The number of hydrogen-bond acceptors (Lipinski definition) is 3. The Labute approximate surface area is 108 Å². The molecule has 0 aliphatic carbocycles. The van der Waals surface area contributed by atoms with E-state index < -0.39 is 0 Å². The van der Waals surface area contributed by atoms with Gasteiger partial charge in [0.1, 0.15) is 12.0 Å². The van der Waals surface area contributed by atoms with Gasteiger partial charge in [0.25, 0.3) is 5.91 Å². The first-order valence-corrected chi connectivity index (χ1v) is 6.78. The fraction of sp³-hybridized carbons (Fsp3) is 0.643. The van der Waals surface area contributed by atoms with E-state index in [9.17, 15) is 4.79 Å². The van der Waals surface area contributed by atoms with Crippen LogP contribution in [0.3, 0.4) is 0 Å². The molecule has 1 aromatic heterocycles. The highest BCUT2D eigenvalue weighted by molar-refractivity contribution is 5.94. The Kier molecular flexibility index (Phi) is 4.42. The van der Waals surface area contributed by atoms with Gasteiger partial charge in [-0.05, 0) is 38.8 Å². The first kappa shape index (κ1) is 13.1. The van der Waals surface area contributed by atoms with Gasteiger partial charge in [-0.3, -0.25) is 4.79 Å². The van der Waals surface area contributed by atoms with Crippen molar-refractivity contribution in [3.05, 3.63) is 23.7 Å². The summed E-state index contributed by atoms with van der Waals surface area (Å²) >= 11 is 0. The van der Waals surface area contributed by atoms with Crippen LogP contribution in [-0.2, 0) is 0 Å². The Balaban J connectivity index is 2.01. The summed E-state index contributed by atoms with van der Waals surface area (Å²) in [6.45, 7) is 6.64. The Morgan fingerprint density at radius 2 is 2.44 bits per heavy atom. The van der Waals surface area contributed by atoms with Crippen molar-refractivity contribution in [3.63, 3.8) is 0 Å². The molecule has 1 saturated heterocycles. The summed E-state index contributed by atoms with van der Waals surface area (Å²) in [5.74, 6) is 0.871. The summed E-state index contributed by atoms with van der Waals surface area (Å²) in [5.41, 5.74) is 0.666. The lowest BCUT2D eigenvalue weighted by Crippen LogP contribution is -2.41. The van der Waals surface area contributed by atoms with Crippen LogP contribution in [0.4, 0.5) is 0 Å². The van der Waals surface area contributed by atoms with Gasteiger partial charge < -0.3 is 14.6 Å². The van der Waals surface area contributed by atoms with Crippen molar-refractivity contribution < 1.29 is 9.21 Å². The number of hydrogen-bond donors (Lipinski definition) is 1. The lowest BCUT2D eigenvalue weighted by Gasteiger charge is -2.25. The van der Waals surface area contributed by atoms with Gasteiger partial charge in [-0.2, -0.15) is 0 Å². The molecule has 0 aromatic carbocycles. The minimum Gasteiger partial charge on any atom is -0.469 e. The van der Waals surface area contributed by atoms with Gasteiger partial charge in [-0.25, -0.2) is 0 Å². The molecule has 1 fully saturated rings. The van der Waals surface area contributed by atoms with Crippen molar-refractivity contribution in [1.29, 1.82) is 0 Å². The van der Waals surface area contributed by atoms with Crippen LogP contribution in [-0.4, -0.2) is 36.5 Å². The van der Waals surface area contributed by atoms with Crippen molar-refractivity contribution >= 4 is 5.91 Å². The van der Waals surface area contributed by atoms with E-state index in [1.54, 1.807) is 6.26 Å². The molecule has 4 nitrogen and oxygen atoms in total. The second kappa shape index (κ2) is 6.05. The molecular formula is C14H22N2O2. The minimum absolute atomic E-state index is 0.0856. The highest BCUT2D eigenvalue weighted by Gasteiger charge is 2.22. The van der Waals surface area contributed by atoms with Crippen LogP contribution in [0.5, 0.6) is 0 Å². The number of nitrogens with one attached hydrogen (secondary N) is 1. The predicted molar refractivity (Wildman–Crippen MR) is 70.7 cm³/mol. The van der Waals surface area contributed by atoms with Crippen LogP contribution in [0.15, 0.2) is 16.7 Å². The maximum absolute atomic E-state index is 12.4. The summed E-state index contributed by atoms with van der Waals surface area (Å²) < 4.78 is 5.22. The van der Waals surface area contributed by atoms with E-state index in [4.69, 9.17) is 4.42 Å². The van der Waals surface area contributed by atoms with Gasteiger partial charge in [-0.15, -0.1) is 0 Å². The monoisotopic (exact) mass is 250 g/mol. The summed E-state index contributed by atoms with van der Waals surface area (Å²) in [7, 11) is 0. The zero-order valence-corrected chi connectivity index (χ0v) is 11.2. The third kappa shape index (κ3) is 3.13. The zero-order valence-electron chi connectivity index (χ0n) is 11.2. The Hall–Kier alpha value is -1.29. The standard InChI is InChI=1S/C14H22N2O2/c1-3-7-16(9-13-5-4-6-15-13)14(17)12-8-11(2)18-10-12/h8,10,13,15H,3-7,9H2,1-2H3. The first-order valence-electron chi connectivity index (χ1n) is 6.78. The smallest absolute Gasteiger partial charge is 0.257 e. The largest absolute Gasteiger partial charge is 0.469 e. The number of carbonyl (C=O) groups excluding carboxylic acids is 1. The molecular weight excluding hydrogens is 228 g/mol. The summed E-state index contributed by atoms with van der Waals surface area (Å²) in [4.78, 5) is 14.3. The fourth-order valence-corrected chi connectivity index (χ4v) is 2.46. The predicted octanol–water partition coefficient (Wildman–Crippen LogP) is 2.19. The normalized spacial score (nSPS) is 19.1. The van der Waals surface area contributed by atoms with Crippen LogP contribution in [0.1, 0.15) is 42.3 Å². The van der Waals surface area contributed by atoms with Gasteiger partial charge in [0, 0.05) is 19.1 Å². The third-order valence-corrected chi connectivity index (χ3v) is 3.36. The average Bonchev–Trinajstić information content (AvgIpc) is 2.99. The number of carbonyl (C=O) groups is 1. The van der Waals surface area contributed by atoms with Gasteiger partial charge >= 0.3 is 0 Å². The molecule has 2 rings (SSSR count). The molecule has 4 heteroatoms. The molecule has 1 N–H and O–H groups in total. The molecule has 100 valence electrons. The van der Waals surface area contributed by atoms with E-state index >= 15 is 0 Å². The first-order chi connectivity index (χ1) is 8.70. The van der Waals surface area contributed by atoms with Gasteiger partial charge in [0.2, 0.25) is 0 Å². The molecule has 0 radical (unpaired) electrons. The summed E-state index contributed by atoms with van der Waals surface area (Å²) in [6, 6.07) is 2.26. The molecule has 1 aliphatic heterocycles. The molecule has 18 heavy (non-hydrogen) atoms. The van der Waals surface area contributed by atoms with Crippen LogP contribution in [0.25, 0.3) is 0 Å². The maximum Gasteiger partial charge on any atom is 0.257 e. The number of nitrogens with zero attached hydrogens (tertiary/aromatic N) is 1. The summed E-state index contributed by atoms with van der Waals surface area (Å²) in [6.07, 6.45) is 4.92. The summed E-state index contributed by atoms with van der Waals surface area (Å²) in [5, 5.41) is 3.44. The zero-order chi connectivity index (χ0) is 13.0. The SMILES string of the molecule is CCCN(CC1CCCN1)C(=O)c1coc(C)c1. The molecule has 1 aliphatic rings. The number of furan rings is 1. The quantitative estimate of drug-likeness (QED) is 0.871. The van der Waals surface area contributed by atoms with Crippen LogP contribution in [0, 0.1) is 6.92 Å². The van der Waals surface area contributed by atoms with E-state index in [-0.39, 0.29) is 5.91 Å². The van der Waals surface area contributed by atoms with E-state index in [0.29, 0.717) is 11.6 Å². The molecule has 0 spiro atoms. The lowest BCUT2D eigenvalue weighted by molar-refractivity contribution is 0.0741. The van der Waals surface area contributed by atoms with Gasteiger partial charge in [-0.1, -0.05) is 6.92 Å². The maximum atomic E-state index is 12.4. The molecule has 0 bridgehead atoms. The molecule has 1 atom stereocenters. The van der Waals surface area contributed by atoms with E-state index in [1.165, 1.54) is 6.42 Å². The van der Waals surface area contributed by atoms with Crippen LogP contribution in [0.2, 0.25) is 0 Å². The minimum atomic E-state index is 0.0856.